The largest absolute Gasteiger partial charge is 0.493 e. The summed E-state index contributed by atoms with van der Waals surface area (Å²) in [5.41, 5.74) is 7.62. The molecule has 94 valence electrons. The number of hydrogen-bond acceptors (Lipinski definition) is 4. The molecule has 1 heterocycles. The Labute approximate surface area is 106 Å². The number of hydrogen-bond donors (Lipinski definition) is 1. The Morgan fingerprint density at radius 2 is 2.00 bits per heavy atom. The van der Waals surface area contributed by atoms with Crippen molar-refractivity contribution in [3.05, 3.63) is 47.8 Å². The smallest absolute Gasteiger partial charge is 0.169 e. The molecule has 1 aromatic heterocycles. The van der Waals surface area contributed by atoms with Gasteiger partial charge in [0.25, 0.3) is 0 Å². The second-order valence-electron chi connectivity index (χ2n) is 3.99. The minimum atomic E-state index is 0.440. The third kappa shape index (κ3) is 2.78. The van der Waals surface area contributed by atoms with Gasteiger partial charge in [-0.05, 0) is 36.2 Å². The van der Waals surface area contributed by atoms with Crippen LogP contribution >= 0.6 is 0 Å². The minimum Gasteiger partial charge on any atom is -0.493 e. The summed E-state index contributed by atoms with van der Waals surface area (Å²) in [5, 5.41) is 0. The van der Waals surface area contributed by atoms with Crippen molar-refractivity contribution < 1.29 is 9.47 Å². The Bertz CT molecular complexity index is 541. The molecule has 1 aromatic carbocycles. The summed E-state index contributed by atoms with van der Waals surface area (Å²) in [4.78, 5) is 4.08. The van der Waals surface area contributed by atoms with Crippen molar-refractivity contribution in [3.63, 3.8) is 0 Å². The summed E-state index contributed by atoms with van der Waals surface area (Å²) in [6, 6.07) is 7.64. The number of rotatable bonds is 4. The highest BCUT2D eigenvalue weighted by Crippen LogP contribution is 2.31. The highest BCUT2D eigenvalue weighted by atomic mass is 16.5. The van der Waals surface area contributed by atoms with Crippen LogP contribution in [0.4, 0.5) is 0 Å². The molecule has 0 amide bonds. The molecule has 2 aromatic rings. The van der Waals surface area contributed by atoms with Crippen molar-refractivity contribution in [1.29, 1.82) is 0 Å². The number of pyridine rings is 1. The SMILES string of the molecule is COc1cc(C)ccc1Oc1cncc(CN)c1. The van der Waals surface area contributed by atoms with E-state index in [9.17, 15) is 0 Å². The normalized spacial score (nSPS) is 10.2. The second-order valence-corrected chi connectivity index (χ2v) is 3.99. The monoisotopic (exact) mass is 244 g/mol. The van der Waals surface area contributed by atoms with E-state index in [0.717, 1.165) is 11.1 Å². The lowest BCUT2D eigenvalue weighted by atomic mass is 10.2. The summed E-state index contributed by atoms with van der Waals surface area (Å²) in [7, 11) is 1.62. The van der Waals surface area contributed by atoms with Gasteiger partial charge in [0.1, 0.15) is 5.75 Å². The van der Waals surface area contributed by atoms with E-state index < -0.39 is 0 Å². The highest BCUT2D eigenvalue weighted by Gasteiger charge is 2.06. The average Bonchev–Trinajstić information content (AvgIpc) is 2.41. The van der Waals surface area contributed by atoms with Crippen molar-refractivity contribution in [3.8, 4) is 17.2 Å². The lowest BCUT2D eigenvalue weighted by Gasteiger charge is -2.11. The van der Waals surface area contributed by atoms with Crippen LogP contribution in [0.5, 0.6) is 17.2 Å². The van der Waals surface area contributed by atoms with Gasteiger partial charge in [0.2, 0.25) is 0 Å². The maximum atomic E-state index is 5.75. The van der Waals surface area contributed by atoms with Gasteiger partial charge < -0.3 is 15.2 Å². The number of ether oxygens (including phenoxy) is 2. The first-order chi connectivity index (χ1) is 8.72. The van der Waals surface area contributed by atoms with Crippen molar-refractivity contribution in [2.24, 2.45) is 5.73 Å². The van der Waals surface area contributed by atoms with Crippen molar-refractivity contribution >= 4 is 0 Å². The van der Waals surface area contributed by atoms with Crippen LogP contribution in [0.3, 0.4) is 0 Å². The van der Waals surface area contributed by atoms with E-state index in [1.54, 1.807) is 19.5 Å². The predicted molar refractivity (Wildman–Crippen MR) is 69.9 cm³/mol. The molecular weight excluding hydrogens is 228 g/mol. The Morgan fingerprint density at radius 1 is 1.17 bits per heavy atom. The molecule has 2 rings (SSSR count). The summed E-state index contributed by atoms with van der Waals surface area (Å²) in [6.07, 6.45) is 3.37. The van der Waals surface area contributed by atoms with Gasteiger partial charge in [-0.1, -0.05) is 6.07 Å². The van der Waals surface area contributed by atoms with Gasteiger partial charge in [-0.3, -0.25) is 4.98 Å². The topological polar surface area (TPSA) is 57.4 Å². The highest BCUT2D eigenvalue weighted by molar-refractivity contribution is 5.45. The first-order valence-electron chi connectivity index (χ1n) is 5.69. The second kappa shape index (κ2) is 5.51. The number of methoxy groups -OCH3 is 1. The Hall–Kier alpha value is -2.07. The number of aryl methyl sites for hydroxylation is 1. The molecule has 0 unspecified atom stereocenters. The first-order valence-corrected chi connectivity index (χ1v) is 5.69. The molecule has 0 bridgehead atoms. The lowest BCUT2D eigenvalue weighted by Crippen LogP contribution is -1.98. The summed E-state index contributed by atoms with van der Waals surface area (Å²) in [6.45, 7) is 2.44. The fraction of sp³-hybridized carbons (Fsp3) is 0.214. The van der Waals surface area contributed by atoms with Crippen LogP contribution in [0.1, 0.15) is 11.1 Å². The third-order valence-electron chi connectivity index (χ3n) is 2.55. The molecule has 0 aliphatic rings. The summed E-state index contributed by atoms with van der Waals surface area (Å²) < 4.78 is 11.0. The molecule has 0 saturated heterocycles. The molecule has 0 spiro atoms. The molecule has 0 saturated carbocycles. The van der Waals surface area contributed by atoms with Crippen LogP contribution in [0.15, 0.2) is 36.7 Å². The van der Waals surface area contributed by atoms with Gasteiger partial charge in [0, 0.05) is 12.7 Å². The van der Waals surface area contributed by atoms with Crippen LogP contribution in [-0.4, -0.2) is 12.1 Å². The van der Waals surface area contributed by atoms with Crippen LogP contribution in [0.2, 0.25) is 0 Å². The Morgan fingerprint density at radius 3 is 2.72 bits per heavy atom. The number of nitrogens with zero attached hydrogens (tertiary/aromatic N) is 1. The van der Waals surface area contributed by atoms with Crippen molar-refractivity contribution in [2.45, 2.75) is 13.5 Å². The summed E-state index contributed by atoms with van der Waals surface area (Å²) >= 11 is 0. The van der Waals surface area contributed by atoms with Gasteiger partial charge in [0.15, 0.2) is 11.5 Å². The van der Waals surface area contributed by atoms with E-state index in [0.29, 0.717) is 23.8 Å². The molecule has 2 N–H and O–H groups in total. The fourth-order valence-corrected chi connectivity index (χ4v) is 1.62. The maximum absolute atomic E-state index is 5.75. The van der Waals surface area contributed by atoms with E-state index in [1.165, 1.54) is 0 Å². The van der Waals surface area contributed by atoms with Crippen LogP contribution in [0.25, 0.3) is 0 Å². The molecule has 0 atom stereocenters. The zero-order chi connectivity index (χ0) is 13.0. The Kier molecular flexibility index (Phi) is 3.79. The maximum Gasteiger partial charge on any atom is 0.169 e. The van der Waals surface area contributed by atoms with Crippen molar-refractivity contribution in [1.82, 2.24) is 4.98 Å². The van der Waals surface area contributed by atoms with Gasteiger partial charge in [0.05, 0.1) is 13.3 Å². The Balaban J connectivity index is 2.27. The quantitative estimate of drug-likeness (QED) is 0.898. The molecule has 4 nitrogen and oxygen atoms in total. The minimum absolute atomic E-state index is 0.440. The number of benzene rings is 1. The average molecular weight is 244 g/mol. The molecule has 0 aliphatic carbocycles. The van der Waals surface area contributed by atoms with Crippen molar-refractivity contribution in [2.75, 3.05) is 7.11 Å². The number of aromatic nitrogens is 1. The van der Waals surface area contributed by atoms with E-state index >= 15 is 0 Å². The fourth-order valence-electron chi connectivity index (χ4n) is 1.62. The van der Waals surface area contributed by atoms with Crippen LogP contribution < -0.4 is 15.2 Å². The standard InChI is InChI=1S/C14H16N2O2/c1-10-3-4-13(14(5-10)17-2)18-12-6-11(7-15)8-16-9-12/h3-6,8-9H,7,15H2,1-2H3. The molecule has 4 heteroatoms. The van der Waals surface area contributed by atoms with Gasteiger partial charge in [-0.25, -0.2) is 0 Å². The van der Waals surface area contributed by atoms with Crippen LogP contribution in [-0.2, 0) is 6.54 Å². The number of nitrogens with two attached hydrogens (primary N) is 1. The third-order valence-corrected chi connectivity index (χ3v) is 2.55. The summed E-state index contributed by atoms with van der Waals surface area (Å²) in [5.74, 6) is 2.02. The molecule has 0 radical (unpaired) electrons. The van der Waals surface area contributed by atoms with Crippen LogP contribution in [0, 0.1) is 6.92 Å². The van der Waals surface area contributed by atoms with Gasteiger partial charge in [-0.15, -0.1) is 0 Å². The van der Waals surface area contributed by atoms with E-state index in [2.05, 4.69) is 4.98 Å². The van der Waals surface area contributed by atoms with E-state index in [-0.39, 0.29) is 0 Å². The van der Waals surface area contributed by atoms with Gasteiger partial charge >= 0.3 is 0 Å². The zero-order valence-electron chi connectivity index (χ0n) is 10.5. The molecule has 0 fully saturated rings. The molecular formula is C14H16N2O2. The lowest BCUT2D eigenvalue weighted by molar-refractivity contribution is 0.378. The van der Waals surface area contributed by atoms with E-state index in [4.69, 9.17) is 15.2 Å². The molecule has 0 aliphatic heterocycles. The predicted octanol–water partition coefficient (Wildman–Crippen LogP) is 2.65. The van der Waals surface area contributed by atoms with Gasteiger partial charge in [-0.2, -0.15) is 0 Å². The zero-order valence-corrected chi connectivity index (χ0v) is 10.5. The molecule has 18 heavy (non-hydrogen) atoms. The first kappa shape index (κ1) is 12.4. The van der Waals surface area contributed by atoms with E-state index in [1.807, 2.05) is 31.2 Å².